The van der Waals surface area contributed by atoms with Crippen LogP contribution in [0.15, 0.2) is 18.7 Å². The second kappa shape index (κ2) is 7.17. The fraction of sp³-hybridized carbons (Fsp3) is 0.692. The number of rotatable bonds is 9. The van der Waals surface area contributed by atoms with Gasteiger partial charge in [-0.15, -0.1) is 0 Å². The number of Topliss-reactive ketones (excluding diaryl/α,β-unsaturated/α-hetero) is 1. The molecule has 8 N–H and O–H groups in total. The van der Waals surface area contributed by atoms with Crippen molar-refractivity contribution in [2.45, 2.75) is 42.0 Å². The zero-order chi connectivity index (χ0) is 19.8. The number of ketones is 1. The van der Waals surface area contributed by atoms with Gasteiger partial charge in [-0.3, -0.25) is 0 Å². The molecule has 1 aromatic heterocycles. The quantitative estimate of drug-likeness (QED) is 0.0992. The number of ether oxygens (including phenoxy) is 1. The third-order valence-corrected chi connectivity index (χ3v) is 8.50. The van der Waals surface area contributed by atoms with Crippen LogP contribution in [0.1, 0.15) is 12.8 Å². The Bertz CT molecular complexity index is 637. The molecule has 150 valence electrons. The number of nitrogens with zero attached hydrogens (tertiary/aromatic N) is 2. The minimum atomic E-state index is -5.20. The van der Waals surface area contributed by atoms with Crippen LogP contribution in [-0.4, -0.2) is 81.9 Å². The molecule has 1 saturated carbocycles. The van der Waals surface area contributed by atoms with Crippen molar-refractivity contribution in [3.8, 4) is 0 Å². The zero-order valence-corrected chi connectivity index (χ0v) is 15.0. The van der Waals surface area contributed by atoms with Crippen LogP contribution < -0.4 is 5.73 Å². The van der Waals surface area contributed by atoms with Crippen LogP contribution in [0.4, 0.5) is 0 Å². The first kappa shape index (κ1) is 21.3. The van der Waals surface area contributed by atoms with Gasteiger partial charge in [0.2, 0.25) is 0 Å². The number of aliphatic hydroxyl groups is 3. The molecular formula is C13H24N3O9P. The number of imidazole rings is 1. The maximum atomic E-state index is 12.1. The Hall–Kier alpha value is -1.05. The number of carbonyl (C=O) groups excluding carboxylic acids is 1. The molecule has 3 atom stereocenters. The van der Waals surface area contributed by atoms with Gasteiger partial charge in [0.25, 0.3) is 0 Å². The summed E-state index contributed by atoms with van der Waals surface area (Å²) in [5.74, 6) is -4.21. The summed E-state index contributed by atoms with van der Waals surface area (Å²) in [6.07, 6.45) is 3.73. The predicted molar refractivity (Wildman–Crippen MR) is 87.6 cm³/mol. The van der Waals surface area contributed by atoms with E-state index in [0.717, 1.165) is 7.11 Å². The van der Waals surface area contributed by atoms with E-state index in [1.165, 1.54) is 23.3 Å². The van der Waals surface area contributed by atoms with Gasteiger partial charge in [0.05, 0.1) is 0 Å². The molecule has 0 aromatic carbocycles. The average molecular weight is 397 g/mol. The summed E-state index contributed by atoms with van der Waals surface area (Å²) in [5.41, 5.74) is 1.73. The first-order chi connectivity index (χ1) is 12.0. The molecule has 0 saturated heterocycles. The molecule has 1 aromatic rings. The predicted octanol–water partition coefficient (Wildman–Crippen LogP) is -2.66. The molecule has 13 heteroatoms. The van der Waals surface area contributed by atoms with E-state index in [0.29, 0.717) is 0 Å². The Labute approximate surface area is 148 Å². The van der Waals surface area contributed by atoms with E-state index in [1.54, 1.807) is 0 Å². The van der Waals surface area contributed by atoms with Crippen molar-refractivity contribution in [3.05, 3.63) is 18.7 Å². The maximum absolute atomic E-state index is 12.1. The number of methoxy groups -OCH3 is 1. The normalized spacial score (nSPS) is 26.8. The molecule has 1 aliphatic carbocycles. The van der Waals surface area contributed by atoms with Crippen molar-refractivity contribution >= 4 is 13.5 Å². The summed E-state index contributed by atoms with van der Waals surface area (Å²) in [5, 5.41) is 37.4. The SMILES string of the molecule is COC(O)(O)C(O)(Cn1ccnc1)[PH](O)(O)C1CCC1(OO)C(=O)CN. The third-order valence-electron chi connectivity index (χ3n) is 5.08. The summed E-state index contributed by atoms with van der Waals surface area (Å²) in [6, 6.07) is 0. The molecular weight excluding hydrogens is 373 g/mol. The van der Waals surface area contributed by atoms with Crippen LogP contribution in [0, 0.1) is 0 Å². The van der Waals surface area contributed by atoms with Crippen LogP contribution in [0.3, 0.4) is 0 Å². The molecule has 0 radical (unpaired) electrons. The summed E-state index contributed by atoms with van der Waals surface area (Å²) in [4.78, 5) is 41.8. The summed E-state index contributed by atoms with van der Waals surface area (Å²) < 4.78 is 5.64. The first-order valence-electron chi connectivity index (χ1n) is 7.71. The van der Waals surface area contributed by atoms with Crippen molar-refractivity contribution in [2.75, 3.05) is 13.7 Å². The van der Waals surface area contributed by atoms with Gasteiger partial charge in [-0.2, -0.15) is 0 Å². The number of aromatic nitrogens is 2. The Kier molecular flexibility index (Phi) is 5.86. The summed E-state index contributed by atoms with van der Waals surface area (Å²) in [7, 11) is -4.36. The molecule has 3 unspecified atom stereocenters. The topological polar surface area (TPSA) is 201 Å². The molecule has 2 rings (SSSR count). The van der Waals surface area contributed by atoms with Crippen molar-refractivity contribution < 1.29 is 44.8 Å². The van der Waals surface area contributed by atoms with Crippen LogP contribution in [0.25, 0.3) is 0 Å². The van der Waals surface area contributed by atoms with Crippen molar-refractivity contribution in [3.63, 3.8) is 0 Å². The molecule has 1 fully saturated rings. The van der Waals surface area contributed by atoms with E-state index < -0.39 is 49.2 Å². The summed E-state index contributed by atoms with van der Waals surface area (Å²) >= 11 is 0. The molecule has 12 nitrogen and oxygen atoms in total. The standard InChI is InChI=1S/C13H24N3O9P/c1-24-13(19,20)12(18,7-16-5-4-15-8-16)26(22,23)10-2-3-11(10,25-21)9(17)6-14/h4-5,8,10,18-23,26H,2-3,6-7,14H2,1H3. The Balaban J connectivity index is 2.50. The Morgan fingerprint density at radius 1 is 1.46 bits per heavy atom. The second-order valence-electron chi connectivity index (χ2n) is 6.33. The fourth-order valence-corrected chi connectivity index (χ4v) is 6.43. The van der Waals surface area contributed by atoms with Gasteiger partial charge in [0, 0.05) is 0 Å². The van der Waals surface area contributed by atoms with Gasteiger partial charge in [-0.1, -0.05) is 0 Å². The van der Waals surface area contributed by atoms with Crippen LogP contribution >= 0.6 is 7.72 Å². The molecule has 26 heavy (non-hydrogen) atoms. The average Bonchev–Trinajstić information content (AvgIpc) is 3.06. The van der Waals surface area contributed by atoms with E-state index in [4.69, 9.17) is 5.73 Å². The Morgan fingerprint density at radius 2 is 2.12 bits per heavy atom. The zero-order valence-electron chi connectivity index (χ0n) is 14.0. The van der Waals surface area contributed by atoms with E-state index >= 15 is 0 Å². The second-order valence-corrected chi connectivity index (χ2v) is 9.31. The molecule has 0 bridgehead atoms. The van der Waals surface area contributed by atoms with E-state index in [2.05, 4.69) is 14.6 Å². The van der Waals surface area contributed by atoms with Crippen molar-refractivity contribution in [1.82, 2.24) is 9.55 Å². The van der Waals surface area contributed by atoms with Crippen LogP contribution in [0.5, 0.6) is 0 Å². The van der Waals surface area contributed by atoms with Gasteiger partial charge in [0.1, 0.15) is 0 Å². The molecule has 0 spiro atoms. The van der Waals surface area contributed by atoms with Gasteiger partial charge >= 0.3 is 148 Å². The molecule has 1 aliphatic rings. The van der Waals surface area contributed by atoms with E-state index in [-0.39, 0.29) is 12.8 Å². The van der Waals surface area contributed by atoms with Crippen molar-refractivity contribution in [2.24, 2.45) is 5.73 Å². The van der Waals surface area contributed by atoms with Crippen LogP contribution in [0.2, 0.25) is 0 Å². The number of carbonyl (C=O) groups is 1. The van der Waals surface area contributed by atoms with E-state index in [9.17, 15) is 35.2 Å². The minimum absolute atomic E-state index is 0.0441. The van der Waals surface area contributed by atoms with Crippen LogP contribution in [-0.2, 0) is 21.0 Å². The van der Waals surface area contributed by atoms with Gasteiger partial charge in [-0.25, -0.2) is 0 Å². The fourth-order valence-electron chi connectivity index (χ4n) is 3.30. The third kappa shape index (κ3) is 2.98. The number of hydrogen-bond acceptors (Lipinski definition) is 11. The summed E-state index contributed by atoms with van der Waals surface area (Å²) in [6.45, 7) is -1.29. The number of hydrogen-bond donors (Lipinski definition) is 7. The molecule has 0 aliphatic heterocycles. The van der Waals surface area contributed by atoms with E-state index in [1.807, 2.05) is 0 Å². The van der Waals surface area contributed by atoms with Gasteiger partial charge in [0.15, 0.2) is 0 Å². The monoisotopic (exact) mass is 397 g/mol. The van der Waals surface area contributed by atoms with Crippen molar-refractivity contribution in [1.29, 1.82) is 0 Å². The van der Waals surface area contributed by atoms with Gasteiger partial charge < -0.3 is 0 Å². The van der Waals surface area contributed by atoms with Gasteiger partial charge in [-0.05, 0) is 0 Å². The Morgan fingerprint density at radius 3 is 2.50 bits per heavy atom. The number of nitrogens with two attached hydrogens (primary N) is 1. The molecule has 1 heterocycles. The first-order valence-corrected chi connectivity index (χ1v) is 9.68. The molecule has 0 amide bonds.